The third kappa shape index (κ3) is 4.16. The molecule has 108 valence electrons. The van der Waals surface area contributed by atoms with Crippen molar-refractivity contribution in [3.63, 3.8) is 0 Å². The molecule has 0 unspecified atom stereocenters. The van der Waals surface area contributed by atoms with E-state index in [4.69, 9.17) is 15.2 Å². The molecule has 2 rings (SSSR count). The first-order chi connectivity index (χ1) is 9.69. The number of rotatable bonds is 7. The fourth-order valence-electron chi connectivity index (χ4n) is 1.59. The van der Waals surface area contributed by atoms with E-state index in [0.717, 1.165) is 10.2 Å². The van der Waals surface area contributed by atoms with Gasteiger partial charge in [-0.15, -0.1) is 0 Å². The highest BCUT2D eigenvalue weighted by molar-refractivity contribution is 7.22. The van der Waals surface area contributed by atoms with Gasteiger partial charge in [0.15, 0.2) is 5.13 Å². The number of nitrogen functional groups attached to an aromatic ring is 1. The predicted molar refractivity (Wildman–Crippen MR) is 80.0 cm³/mol. The number of nitrogens with zero attached hydrogens (tertiary/aromatic N) is 1. The van der Waals surface area contributed by atoms with Crippen LogP contribution in [0, 0.1) is 0 Å². The first-order valence-electron chi connectivity index (χ1n) is 6.21. The molecule has 0 aliphatic carbocycles. The number of anilines is 2. The fraction of sp³-hybridized carbons (Fsp3) is 0.385. The molecule has 0 spiro atoms. The highest BCUT2D eigenvalue weighted by Crippen LogP contribution is 2.27. The Balaban J connectivity index is 1.83. The van der Waals surface area contributed by atoms with E-state index >= 15 is 0 Å². The summed E-state index contributed by atoms with van der Waals surface area (Å²) in [6.07, 6.45) is 0.293. The molecule has 20 heavy (non-hydrogen) atoms. The first kappa shape index (κ1) is 14.7. The Kier molecular flexibility index (Phi) is 5.28. The normalized spacial score (nSPS) is 10.8. The summed E-state index contributed by atoms with van der Waals surface area (Å²) >= 11 is 1.40. The monoisotopic (exact) mass is 295 g/mol. The Labute approximate surface area is 120 Å². The SMILES string of the molecule is COCCOCCC(=O)Nc1nc2ccc(N)cc2s1. The second kappa shape index (κ2) is 7.18. The van der Waals surface area contributed by atoms with Gasteiger partial charge in [0, 0.05) is 12.8 Å². The molecule has 2 aromatic rings. The number of nitrogens with two attached hydrogens (primary N) is 1. The van der Waals surface area contributed by atoms with E-state index in [1.165, 1.54) is 11.3 Å². The maximum Gasteiger partial charge on any atom is 0.228 e. The smallest absolute Gasteiger partial charge is 0.228 e. The lowest BCUT2D eigenvalue weighted by Crippen LogP contribution is -2.14. The van der Waals surface area contributed by atoms with Crippen molar-refractivity contribution in [2.75, 3.05) is 38.0 Å². The molecule has 0 aliphatic heterocycles. The van der Waals surface area contributed by atoms with Gasteiger partial charge in [0.1, 0.15) is 0 Å². The van der Waals surface area contributed by atoms with Gasteiger partial charge in [-0.3, -0.25) is 4.79 Å². The zero-order valence-corrected chi connectivity index (χ0v) is 12.0. The van der Waals surface area contributed by atoms with Crippen molar-refractivity contribution in [2.45, 2.75) is 6.42 Å². The van der Waals surface area contributed by atoms with Gasteiger partial charge in [-0.25, -0.2) is 4.98 Å². The van der Waals surface area contributed by atoms with Crippen molar-refractivity contribution in [2.24, 2.45) is 0 Å². The van der Waals surface area contributed by atoms with E-state index in [-0.39, 0.29) is 5.91 Å². The van der Waals surface area contributed by atoms with Crippen molar-refractivity contribution in [3.05, 3.63) is 18.2 Å². The molecule has 0 radical (unpaired) electrons. The van der Waals surface area contributed by atoms with Gasteiger partial charge in [-0.1, -0.05) is 11.3 Å². The van der Waals surface area contributed by atoms with Crippen LogP contribution in [-0.2, 0) is 14.3 Å². The van der Waals surface area contributed by atoms with Crippen molar-refractivity contribution in [3.8, 4) is 0 Å². The number of carbonyl (C=O) groups is 1. The number of thiazole rings is 1. The van der Waals surface area contributed by atoms with Crippen LogP contribution in [0.15, 0.2) is 18.2 Å². The Morgan fingerprint density at radius 1 is 1.40 bits per heavy atom. The molecule has 1 heterocycles. The van der Waals surface area contributed by atoms with Gasteiger partial charge in [0.05, 0.1) is 36.5 Å². The first-order valence-corrected chi connectivity index (χ1v) is 7.03. The lowest BCUT2D eigenvalue weighted by atomic mass is 10.3. The van der Waals surface area contributed by atoms with Crippen LogP contribution in [-0.4, -0.2) is 37.8 Å². The summed E-state index contributed by atoms with van der Waals surface area (Å²) < 4.78 is 11.0. The Hall–Kier alpha value is -1.70. The van der Waals surface area contributed by atoms with Crippen LogP contribution < -0.4 is 11.1 Å². The molecule has 0 saturated carbocycles. The number of carbonyl (C=O) groups excluding carboxylic acids is 1. The number of fused-ring (bicyclic) bond motifs is 1. The highest BCUT2D eigenvalue weighted by atomic mass is 32.1. The Morgan fingerprint density at radius 2 is 2.25 bits per heavy atom. The van der Waals surface area contributed by atoms with E-state index in [0.29, 0.717) is 37.1 Å². The average Bonchev–Trinajstić information content (AvgIpc) is 2.79. The number of methoxy groups -OCH3 is 1. The molecule has 6 nitrogen and oxygen atoms in total. The molecule has 0 saturated heterocycles. The van der Waals surface area contributed by atoms with Gasteiger partial charge >= 0.3 is 0 Å². The highest BCUT2D eigenvalue weighted by Gasteiger charge is 2.08. The second-order valence-corrected chi connectivity index (χ2v) is 5.18. The van der Waals surface area contributed by atoms with Crippen molar-refractivity contribution < 1.29 is 14.3 Å². The van der Waals surface area contributed by atoms with Crippen LogP contribution in [0.5, 0.6) is 0 Å². The summed E-state index contributed by atoms with van der Waals surface area (Å²) in [5.74, 6) is -0.116. The molecule has 7 heteroatoms. The average molecular weight is 295 g/mol. The maximum atomic E-state index is 11.7. The van der Waals surface area contributed by atoms with Gasteiger partial charge in [-0.05, 0) is 18.2 Å². The van der Waals surface area contributed by atoms with Gasteiger partial charge < -0.3 is 20.5 Å². The van der Waals surface area contributed by atoms with Crippen LogP contribution in [0.4, 0.5) is 10.8 Å². The second-order valence-electron chi connectivity index (χ2n) is 4.15. The topological polar surface area (TPSA) is 86.5 Å². The summed E-state index contributed by atoms with van der Waals surface area (Å²) in [5, 5.41) is 3.33. The largest absolute Gasteiger partial charge is 0.399 e. The van der Waals surface area contributed by atoms with Crippen LogP contribution >= 0.6 is 11.3 Å². The van der Waals surface area contributed by atoms with E-state index in [9.17, 15) is 4.79 Å². The summed E-state index contributed by atoms with van der Waals surface area (Å²) in [6.45, 7) is 1.39. The van der Waals surface area contributed by atoms with Gasteiger partial charge in [0.25, 0.3) is 0 Å². The summed E-state index contributed by atoms with van der Waals surface area (Å²) in [4.78, 5) is 16.0. The number of aromatic nitrogens is 1. The quantitative estimate of drug-likeness (QED) is 0.601. The molecule has 3 N–H and O–H groups in total. The molecular formula is C13H17N3O3S. The van der Waals surface area contributed by atoms with E-state index < -0.39 is 0 Å². The number of nitrogens with one attached hydrogen (secondary N) is 1. The number of hydrogen-bond donors (Lipinski definition) is 2. The summed E-state index contributed by atoms with van der Waals surface area (Å²) in [6, 6.07) is 5.47. The molecule has 0 fully saturated rings. The lowest BCUT2D eigenvalue weighted by Gasteiger charge is -2.03. The number of hydrogen-bond acceptors (Lipinski definition) is 6. The molecule has 0 bridgehead atoms. The van der Waals surface area contributed by atoms with Crippen LogP contribution in [0.25, 0.3) is 10.2 Å². The Bertz CT molecular complexity index is 585. The van der Waals surface area contributed by atoms with Crippen molar-refractivity contribution >= 4 is 38.3 Å². The number of benzene rings is 1. The standard InChI is InChI=1S/C13H17N3O3S/c1-18-6-7-19-5-4-12(17)16-13-15-10-3-2-9(14)8-11(10)20-13/h2-3,8H,4-7,14H2,1H3,(H,15,16,17). The molecule has 1 aromatic carbocycles. The van der Waals surface area contributed by atoms with E-state index in [1.54, 1.807) is 13.2 Å². The molecule has 1 amide bonds. The zero-order chi connectivity index (χ0) is 14.4. The van der Waals surface area contributed by atoms with Crippen molar-refractivity contribution in [1.29, 1.82) is 0 Å². The summed E-state index contributed by atoms with van der Waals surface area (Å²) in [5.41, 5.74) is 7.22. The lowest BCUT2D eigenvalue weighted by molar-refractivity contribution is -0.117. The van der Waals surface area contributed by atoms with Crippen molar-refractivity contribution in [1.82, 2.24) is 4.98 Å². The Morgan fingerprint density at radius 3 is 3.05 bits per heavy atom. The van der Waals surface area contributed by atoms with Gasteiger partial charge in [0.2, 0.25) is 5.91 Å². The summed E-state index contributed by atoms with van der Waals surface area (Å²) in [7, 11) is 1.61. The van der Waals surface area contributed by atoms with E-state index in [2.05, 4.69) is 10.3 Å². The number of ether oxygens (including phenoxy) is 2. The van der Waals surface area contributed by atoms with Gasteiger partial charge in [-0.2, -0.15) is 0 Å². The number of amides is 1. The molecule has 0 aliphatic rings. The molecule has 1 aromatic heterocycles. The fourth-order valence-corrected chi connectivity index (χ4v) is 2.52. The minimum absolute atomic E-state index is 0.116. The maximum absolute atomic E-state index is 11.7. The van der Waals surface area contributed by atoms with Crippen LogP contribution in [0.3, 0.4) is 0 Å². The van der Waals surface area contributed by atoms with Crippen LogP contribution in [0.1, 0.15) is 6.42 Å². The zero-order valence-electron chi connectivity index (χ0n) is 11.2. The molecular weight excluding hydrogens is 278 g/mol. The minimum Gasteiger partial charge on any atom is -0.399 e. The van der Waals surface area contributed by atoms with Crippen LogP contribution in [0.2, 0.25) is 0 Å². The third-order valence-electron chi connectivity index (χ3n) is 2.56. The predicted octanol–water partition coefficient (Wildman–Crippen LogP) is 1.87. The molecule has 0 atom stereocenters. The van der Waals surface area contributed by atoms with E-state index in [1.807, 2.05) is 12.1 Å². The minimum atomic E-state index is -0.116. The third-order valence-corrected chi connectivity index (χ3v) is 3.50.